The Bertz CT molecular complexity index is 194. The van der Waals surface area contributed by atoms with Gasteiger partial charge in [-0.15, -0.1) is 12.4 Å². The molecule has 1 amide bonds. The van der Waals surface area contributed by atoms with Gasteiger partial charge in [0.1, 0.15) is 6.61 Å². The summed E-state index contributed by atoms with van der Waals surface area (Å²) in [4.78, 5) is 13.4. The Morgan fingerprint density at radius 3 is 2.56 bits per heavy atom. The fourth-order valence-electron chi connectivity index (χ4n) is 1.95. The Morgan fingerprint density at radius 2 is 2.06 bits per heavy atom. The van der Waals surface area contributed by atoms with E-state index in [1.54, 1.807) is 7.11 Å². The molecule has 0 aromatic heterocycles. The van der Waals surface area contributed by atoms with Gasteiger partial charge < -0.3 is 15.0 Å². The third-order valence-electron chi connectivity index (χ3n) is 2.92. The normalized spacial score (nSPS) is 17.0. The minimum atomic E-state index is 0. The zero-order valence-corrected chi connectivity index (χ0v) is 11.0. The second-order valence-electron chi connectivity index (χ2n) is 4.06. The first kappa shape index (κ1) is 15.7. The molecule has 1 heterocycles. The summed E-state index contributed by atoms with van der Waals surface area (Å²) in [6.07, 6.45) is 2.23. The van der Waals surface area contributed by atoms with Crippen LogP contribution in [0.4, 0.5) is 0 Å². The number of methoxy groups -OCH3 is 1. The molecule has 16 heavy (non-hydrogen) atoms. The standard InChI is InChI=1S/C11H22N2O2.ClH/c1-3-12-8-10-4-6-13(7-5-10)11(14)9-15-2;/h10,12H,3-9H2,1-2H3;1H. The molecular weight excluding hydrogens is 228 g/mol. The highest BCUT2D eigenvalue weighted by Crippen LogP contribution is 2.16. The molecule has 0 spiro atoms. The monoisotopic (exact) mass is 250 g/mol. The number of carbonyl (C=O) groups excluding carboxylic acids is 1. The summed E-state index contributed by atoms with van der Waals surface area (Å²) in [6.45, 7) is 6.23. The zero-order chi connectivity index (χ0) is 11.1. The van der Waals surface area contributed by atoms with Crippen molar-refractivity contribution in [2.75, 3.05) is 39.9 Å². The summed E-state index contributed by atoms with van der Waals surface area (Å²) >= 11 is 0. The number of halogens is 1. The summed E-state index contributed by atoms with van der Waals surface area (Å²) in [6, 6.07) is 0. The van der Waals surface area contributed by atoms with Gasteiger partial charge in [0.05, 0.1) is 0 Å². The highest BCUT2D eigenvalue weighted by Gasteiger charge is 2.21. The lowest BCUT2D eigenvalue weighted by atomic mass is 9.97. The Balaban J connectivity index is 0.00000225. The summed E-state index contributed by atoms with van der Waals surface area (Å²) in [7, 11) is 1.57. The molecule has 1 saturated heterocycles. The van der Waals surface area contributed by atoms with Crippen LogP contribution < -0.4 is 5.32 Å². The molecule has 96 valence electrons. The molecular formula is C11H23ClN2O2. The molecule has 0 radical (unpaired) electrons. The lowest BCUT2D eigenvalue weighted by molar-refractivity contribution is -0.136. The number of hydrogen-bond acceptors (Lipinski definition) is 3. The van der Waals surface area contributed by atoms with Crippen LogP contribution in [-0.4, -0.2) is 50.7 Å². The number of rotatable bonds is 5. The van der Waals surface area contributed by atoms with Gasteiger partial charge in [0.2, 0.25) is 5.91 Å². The van der Waals surface area contributed by atoms with Crippen LogP contribution in [-0.2, 0) is 9.53 Å². The highest BCUT2D eigenvalue weighted by atomic mass is 35.5. The molecule has 0 aromatic carbocycles. The summed E-state index contributed by atoms with van der Waals surface area (Å²) in [5.41, 5.74) is 0. The van der Waals surface area contributed by atoms with Crippen molar-refractivity contribution < 1.29 is 9.53 Å². The predicted molar refractivity (Wildman–Crippen MR) is 67.0 cm³/mol. The molecule has 0 aliphatic carbocycles. The molecule has 0 bridgehead atoms. The fraction of sp³-hybridized carbons (Fsp3) is 0.909. The van der Waals surface area contributed by atoms with E-state index in [2.05, 4.69) is 12.2 Å². The summed E-state index contributed by atoms with van der Waals surface area (Å²) in [5, 5.41) is 3.36. The van der Waals surface area contributed by atoms with E-state index in [0.717, 1.165) is 44.9 Å². The largest absolute Gasteiger partial charge is 0.375 e. The molecule has 0 unspecified atom stereocenters. The maximum atomic E-state index is 11.5. The second-order valence-corrected chi connectivity index (χ2v) is 4.06. The van der Waals surface area contributed by atoms with Crippen molar-refractivity contribution in [1.29, 1.82) is 0 Å². The Hall–Kier alpha value is -0.320. The van der Waals surface area contributed by atoms with Crippen LogP contribution in [0.25, 0.3) is 0 Å². The van der Waals surface area contributed by atoms with Gasteiger partial charge in [0.15, 0.2) is 0 Å². The van der Waals surface area contributed by atoms with Crippen molar-refractivity contribution >= 4 is 18.3 Å². The minimum Gasteiger partial charge on any atom is -0.375 e. The van der Waals surface area contributed by atoms with Crippen molar-refractivity contribution in [3.8, 4) is 0 Å². The molecule has 0 saturated carbocycles. The smallest absolute Gasteiger partial charge is 0.248 e. The van der Waals surface area contributed by atoms with E-state index >= 15 is 0 Å². The average Bonchev–Trinajstić information content (AvgIpc) is 2.27. The minimum absolute atomic E-state index is 0. The third kappa shape index (κ3) is 5.14. The topological polar surface area (TPSA) is 41.6 Å². The molecule has 1 aliphatic rings. The highest BCUT2D eigenvalue weighted by molar-refractivity contribution is 5.85. The molecule has 5 heteroatoms. The number of ether oxygens (including phenoxy) is 1. The molecule has 1 rings (SSSR count). The molecule has 1 aliphatic heterocycles. The number of nitrogens with one attached hydrogen (secondary N) is 1. The van der Waals surface area contributed by atoms with Crippen molar-refractivity contribution in [2.45, 2.75) is 19.8 Å². The van der Waals surface area contributed by atoms with E-state index in [1.807, 2.05) is 4.90 Å². The van der Waals surface area contributed by atoms with E-state index < -0.39 is 0 Å². The Kier molecular flexibility index (Phi) is 8.61. The van der Waals surface area contributed by atoms with E-state index in [4.69, 9.17) is 4.74 Å². The fourth-order valence-corrected chi connectivity index (χ4v) is 1.95. The third-order valence-corrected chi connectivity index (χ3v) is 2.92. The SMILES string of the molecule is CCNCC1CCN(C(=O)COC)CC1.Cl. The number of nitrogens with zero attached hydrogens (tertiary/aromatic N) is 1. The number of piperidine rings is 1. The van der Waals surface area contributed by atoms with Crippen LogP contribution >= 0.6 is 12.4 Å². The summed E-state index contributed by atoms with van der Waals surface area (Å²) < 4.78 is 4.85. The number of amides is 1. The van der Waals surface area contributed by atoms with E-state index in [9.17, 15) is 4.79 Å². The van der Waals surface area contributed by atoms with Crippen LogP contribution in [0.15, 0.2) is 0 Å². The molecule has 1 fully saturated rings. The van der Waals surface area contributed by atoms with Gasteiger partial charge >= 0.3 is 0 Å². The lowest BCUT2D eigenvalue weighted by Crippen LogP contribution is -2.42. The lowest BCUT2D eigenvalue weighted by Gasteiger charge is -2.31. The van der Waals surface area contributed by atoms with E-state index in [-0.39, 0.29) is 24.9 Å². The van der Waals surface area contributed by atoms with Crippen LogP contribution in [0.2, 0.25) is 0 Å². The quantitative estimate of drug-likeness (QED) is 0.789. The maximum Gasteiger partial charge on any atom is 0.248 e. The van der Waals surface area contributed by atoms with Gasteiger partial charge in [-0.05, 0) is 31.8 Å². The first-order valence-corrected chi connectivity index (χ1v) is 5.75. The van der Waals surface area contributed by atoms with Gasteiger partial charge in [-0.3, -0.25) is 4.79 Å². The van der Waals surface area contributed by atoms with Gasteiger partial charge in [-0.2, -0.15) is 0 Å². The molecule has 4 nitrogen and oxygen atoms in total. The van der Waals surface area contributed by atoms with Crippen LogP contribution in [0.1, 0.15) is 19.8 Å². The summed E-state index contributed by atoms with van der Waals surface area (Å²) in [5.74, 6) is 0.857. The molecule has 0 atom stereocenters. The number of hydrogen-bond donors (Lipinski definition) is 1. The van der Waals surface area contributed by atoms with Crippen LogP contribution in [0.3, 0.4) is 0 Å². The van der Waals surface area contributed by atoms with Crippen molar-refractivity contribution in [1.82, 2.24) is 10.2 Å². The zero-order valence-electron chi connectivity index (χ0n) is 10.2. The molecule has 1 N–H and O–H groups in total. The van der Waals surface area contributed by atoms with Crippen molar-refractivity contribution in [3.05, 3.63) is 0 Å². The predicted octanol–water partition coefficient (Wildman–Crippen LogP) is 0.903. The molecule has 0 aromatic rings. The number of carbonyl (C=O) groups is 1. The van der Waals surface area contributed by atoms with Crippen LogP contribution in [0.5, 0.6) is 0 Å². The van der Waals surface area contributed by atoms with E-state index in [0.29, 0.717) is 0 Å². The number of likely N-dealkylation sites (tertiary alicyclic amines) is 1. The Labute approximate surface area is 104 Å². The van der Waals surface area contributed by atoms with Gasteiger partial charge in [-0.25, -0.2) is 0 Å². The van der Waals surface area contributed by atoms with Crippen LogP contribution in [0, 0.1) is 5.92 Å². The van der Waals surface area contributed by atoms with Gasteiger partial charge in [0.25, 0.3) is 0 Å². The first-order valence-electron chi connectivity index (χ1n) is 5.75. The van der Waals surface area contributed by atoms with Gasteiger partial charge in [-0.1, -0.05) is 6.92 Å². The second kappa shape index (κ2) is 8.79. The van der Waals surface area contributed by atoms with E-state index in [1.165, 1.54) is 0 Å². The first-order chi connectivity index (χ1) is 7.27. The average molecular weight is 251 g/mol. The maximum absolute atomic E-state index is 11.5. The van der Waals surface area contributed by atoms with Crippen molar-refractivity contribution in [3.63, 3.8) is 0 Å². The van der Waals surface area contributed by atoms with Gasteiger partial charge in [0, 0.05) is 20.2 Å². The Morgan fingerprint density at radius 1 is 1.44 bits per heavy atom. The van der Waals surface area contributed by atoms with Crippen molar-refractivity contribution in [2.24, 2.45) is 5.92 Å².